The SMILES string of the molecule is CCc1nn(CC)c2c1CCC21CCN(C[C@H]2C[C@H](N(C)[C@@H](C(=O)O)C(C)C)C[C@@H]2c2cccc(F)c2)CC1.Cl.Cl.Cl. The molecule has 1 spiro atoms. The second kappa shape index (κ2) is 15.1. The lowest BCUT2D eigenvalue weighted by Gasteiger charge is -2.41. The maximum Gasteiger partial charge on any atom is 0.321 e. The van der Waals surface area contributed by atoms with Crippen molar-refractivity contribution in [3.8, 4) is 0 Å². The summed E-state index contributed by atoms with van der Waals surface area (Å²) in [7, 11) is 1.97. The Morgan fingerprint density at radius 1 is 1.14 bits per heavy atom. The summed E-state index contributed by atoms with van der Waals surface area (Å²) in [6.07, 6.45) is 7.58. The van der Waals surface area contributed by atoms with Crippen molar-refractivity contribution in [1.82, 2.24) is 19.6 Å². The van der Waals surface area contributed by atoms with Crippen molar-refractivity contribution in [3.05, 3.63) is 52.6 Å². The first kappa shape index (κ1) is 36.8. The molecule has 2 aromatic rings. The maximum atomic E-state index is 14.3. The Morgan fingerprint density at radius 2 is 1.83 bits per heavy atom. The number of hydrogen-bond donors (Lipinski definition) is 1. The molecule has 2 fully saturated rings. The third-order valence-corrected chi connectivity index (χ3v) is 10.3. The molecule has 0 unspecified atom stereocenters. The van der Waals surface area contributed by atoms with E-state index in [9.17, 15) is 14.3 Å². The monoisotopic (exact) mass is 646 g/mol. The lowest BCUT2D eigenvalue weighted by atomic mass is 9.75. The lowest BCUT2D eigenvalue weighted by molar-refractivity contribution is -0.145. The number of aryl methyl sites for hydroxylation is 2. The summed E-state index contributed by atoms with van der Waals surface area (Å²) in [4.78, 5) is 16.8. The number of aliphatic carboxylic acids is 1. The smallest absolute Gasteiger partial charge is 0.321 e. The highest BCUT2D eigenvalue weighted by molar-refractivity contribution is 5.86. The minimum atomic E-state index is -0.756. The number of carboxylic acid groups (broad SMARTS) is 1. The number of nitrogens with zero attached hydrogens (tertiary/aromatic N) is 4. The van der Waals surface area contributed by atoms with Gasteiger partial charge in [-0.2, -0.15) is 5.10 Å². The maximum absolute atomic E-state index is 14.3. The normalized spacial score (nSPS) is 23.8. The molecule has 3 aliphatic rings. The number of likely N-dealkylation sites (tertiary alicyclic amines) is 1. The number of carboxylic acids is 1. The van der Waals surface area contributed by atoms with Gasteiger partial charge < -0.3 is 10.0 Å². The molecule has 0 radical (unpaired) electrons. The van der Waals surface area contributed by atoms with Crippen LogP contribution in [-0.2, 0) is 29.6 Å². The summed E-state index contributed by atoms with van der Waals surface area (Å²) >= 11 is 0. The molecule has 0 bridgehead atoms. The zero-order valence-electron chi connectivity index (χ0n) is 25.7. The lowest BCUT2D eigenvalue weighted by Crippen LogP contribution is -2.47. The molecule has 4 atom stereocenters. The molecular formula is C32H50Cl3FN4O2. The highest BCUT2D eigenvalue weighted by atomic mass is 35.5. The number of aromatic nitrogens is 2. The van der Waals surface area contributed by atoms with Crippen molar-refractivity contribution in [1.29, 1.82) is 0 Å². The van der Waals surface area contributed by atoms with Gasteiger partial charge in [0.25, 0.3) is 0 Å². The summed E-state index contributed by atoms with van der Waals surface area (Å²) in [5, 5.41) is 14.9. The van der Waals surface area contributed by atoms with Gasteiger partial charge in [0.15, 0.2) is 0 Å². The van der Waals surface area contributed by atoms with Crippen LogP contribution in [0.5, 0.6) is 0 Å². The van der Waals surface area contributed by atoms with E-state index in [4.69, 9.17) is 5.10 Å². The summed E-state index contributed by atoms with van der Waals surface area (Å²) < 4.78 is 16.6. The molecule has 1 N–H and O–H groups in total. The fourth-order valence-electron chi connectivity index (χ4n) is 8.31. The number of carbonyl (C=O) groups is 1. The van der Waals surface area contributed by atoms with Crippen molar-refractivity contribution in [2.45, 2.75) is 103 Å². The largest absolute Gasteiger partial charge is 0.480 e. The average Bonchev–Trinajstić information content (AvgIpc) is 3.59. The molecule has 2 aliphatic carbocycles. The number of halogens is 4. The molecule has 42 heavy (non-hydrogen) atoms. The first-order valence-corrected chi connectivity index (χ1v) is 15.2. The quantitative estimate of drug-likeness (QED) is 0.326. The Hall–Kier alpha value is -1.38. The van der Waals surface area contributed by atoms with Crippen molar-refractivity contribution in [3.63, 3.8) is 0 Å². The molecule has 6 nitrogen and oxygen atoms in total. The summed E-state index contributed by atoms with van der Waals surface area (Å²) in [6, 6.07) is 6.75. The number of benzene rings is 1. The van der Waals surface area contributed by atoms with Gasteiger partial charge in [-0.05, 0) is 113 Å². The molecule has 0 amide bonds. The summed E-state index contributed by atoms with van der Waals surface area (Å²) in [5.41, 5.74) is 5.66. The van der Waals surface area contributed by atoms with E-state index < -0.39 is 12.0 Å². The Morgan fingerprint density at radius 3 is 2.40 bits per heavy atom. The Labute approximate surface area is 270 Å². The van der Waals surface area contributed by atoms with Gasteiger partial charge in [0.1, 0.15) is 11.9 Å². The summed E-state index contributed by atoms with van der Waals surface area (Å²) in [6.45, 7) is 12.5. The Kier molecular flexibility index (Phi) is 13.2. The number of likely N-dealkylation sites (N-methyl/N-ethyl adjacent to an activating group) is 1. The highest BCUT2D eigenvalue weighted by Gasteiger charge is 2.46. The van der Waals surface area contributed by atoms with Crippen LogP contribution in [0.2, 0.25) is 0 Å². The van der Waals surface area contributed by atoms with Gasteiger partial charge >= 0.3 is 5.97 Å². The van der Waals surface area contributed by atoms with E-state index in [-0.39, 0.29) is 66.3 Å². The van der Waals surface area contributed by atoms with Gasteiger partial charge in [0, 0.05) is 30.2 Å². The number of piperidine rings is 1. The van der Waals surface area contributed by atoms with Crippen LogP contribution < -0.4 is 0 Å². The number of rotatable bonds is 9. The van der Waals surface area contributed by atoms with E-state index >= 15 is 0 Å². The Bertz CT molecular complexity index is 1180. The molecule has 5 rings (SSSR count). The molecule has 1 aromatic carbocycles. The second-order valence-electron chi connectivity index (χ2n) is 12.8. The second-order valence-corrected chi connectivity index (χ2v) is 12.8. The van der Waals surface area contributed by atoms with Crippen molar-refractivity contribution in [2.24, 2.45) is 11.8 Å². The molecule has 1 saturated carbocycles. The topological polar surface area (TPSA) is 61.6 Å². The third-order valence-electron chi connectivity index (χ3n) is 10.3. The molecule has 1 aromatic heterocycles. The average molecular weight is 648 g/mol. The van der Waals surface area contributed by atoms with Crippen LogP contribution >= 0.6 is 37.2 Å². The van der Waals surface area contributed by atoms with Crippen molar-refractivity contribution in [2.75, 3.05) is 26.7 Å². The van der Waals surface area contributed by atoms with Gasteiger partial charge in [-0.3, -0.25) is 14.4 Å². The van der Waals surface area contributed by atoms with E-state index in [0.29, 0.717) is 5.92 Å². The molecule has 1 aliphatic heterocycles. The molecule has 10 heteroatoms. The van der Waals surface area contributed by atoms with Gasteiger partial charge in [-0.25, -0.2) is 4.39 Å². The molecule has 1 saturated heterocycles. The van der Waals surface area contributed by atoms with Gasteiger partial charge in [0.2, 0.25) is 0 Å². The Balaban J connectivity index is 0.00000205. The van der Waals surface area contributed by atoms with Crippen molar-refractivity contribution < 1.29 is 14.3 Å². The predicted molar refractivity (Wildman–Crippen MR) is 174 cm³/mol. The van der Waals surface area contributed by atoms with Gasteiger partial charge in [-0.15, -0.1) is 37.2 Å². The zero-order valence-corrected chi connectivity index (χ0v) is 28.2. The van der Waals surface area contributed by atoms with Crippen LogP contribution in [0.4, 0.5) is 4.39 Å². The minimum Gasteiger partial charge on any atom is -0.480 e. The van der Waals surface area contributed by atoms with Crippen LogP contribution in [-0.4, -0.2) is 69.4 Å². The first-order valence-electron chi connectivity index (χ1n) is 15.2. The number of fused-ring (bicyclic) bond motifs is 2. The van der Waals surface area contributed by atoms with Crippen LogP contribution in [0, 0.1) is 17.7 Å². The molecule has 2 heterocycles. The fourth-order valence-corrected chi connectivity index (χ4v) is 8.31. The van der Waals surface area contributed by atoms with Crippen LogP contribution in [0.3, 0.4) is 0 Å². The van der Waals surface area contributed by atoms with Gasteiger partial charge in [0.05, 0.1) is 5.69 Å². The molecular weight excluding hydrogens is 598 g/mol. The first-order chi connectivity index (χ1) is 18.7. The zero-order chi connectivity index (χ0) is 27.9. The standard InChI is InChI=1S/C32H47FN4O2.3ClH/c1-6-28-26-11-12-32(30(26)37(7-2)34-28)13-15-36(16-14-32)20-23-18-25(35(5)29(21(3)4)31(38)39)19-27(23)22-9-8-10-24(33)17-22;;;/h8-10,17,21,23,25,27,29H,6-7,11-16,18-20H2,1-5H3,(H,38,39);3*1H/t23-,25+,27-,29-;;;/m1.../s1. The van der Waals surface area contributed by atoms with Crippen molar-refractivity contribution >= 4 is 43.2 Å². The third kappa shape index (κ3) is 6.96. The minimum absolute atomic E-state index is 0. The highest BCUT2D eigenvalue weighted by Crippen LogP contribution is 2.48. The van der Waals surface area contributed by atoms with E-state index in [1.165, 1.54) is 42.3 Å². The summed E-state index contributed by atoms with van der Waals surface area (Å²) in [5.74, 6) is -0.310. The van der Waals surface area contributed by atoms with E-state index in [2.05, 4.69) is 34.4 Å². The fraction of sp³-hybridized carbons (Fsp3) is 0.688. The van der Waals surface area contributed by atoms with Crippen LogP contribution in [0.1, 0.15) is 88.2 Å². The van der Waals surface area contributed by atoms with Crippen LogP contribution in [0.25, 0.3) is 0 Å². The molecule has 238 valence electrons. The van der Waals surface area contributed by atoms with Gasteiger partial charge in [-0.1, -0.05) is 32.9 Å². The number of hydrogen-bond acceptors (Lipinski definition) is 4. The van der Waals surface area contributed by atoms with E-state index in [0.717, 1.165) is 57.4 Å². The van der Waals surface area contributed by atoms with E-state index in [1.54, 1.807) is 6.07 Å². The van der Waals surface area contributed by atoms with Crippen LogP contribution in [0.15, 0.2) is 24.3 Å². The predicted octanol–water partition coefficient (Wildman–Crippen LogP) is 6.75. The van der Waals surface area contributed by atoms with E-state index in [1.807, 2.05) is 27.0 Å².